The van der Waals surface area contributed by atoms with Crippen molar-refractivity contribution in [2.24, 2.45) is 0 Å². The van der Waals surface area contributed by atoms with Crippen LogP contribution in [0.25, 0.3) is 0 Å². The molecule has 0 atom stereocenters. The van der Waals surface area contributed by atoms with Gasteiger partial charge in [0, 0.05) is 18.9 Å². The smallest absolute Gasteiger partial charge is 0.216 e. The average molecular weight is 315 g/mol. The molecule has 2 aromatic rings. The Bertz CT molecular complexity index is 673. The number of nitrogens with zero attached hydrogens (tertiary/aromatic N) is 2. The number of thiophene rings is 1. The molecule has 0 fully saturated rings. The third kappa shape index (κ3) is 3.94. The van der Waals surface area contributed by atoms with Gasteiger partial charge >= 0.3 is 0 Å². The fourth-order valence-corrected chi connectivity index (χ4v) is 2.91. The molecule has 0 radical (unpaired) electrons. The van der Waals surface area contributed by atoms with Gasteiger partial charge in [0.1, 0.15) is 11.6 Å². The normalized spacial score (nSPS) is 11.4. The van der Waals surface area contributed by atoms with Crippen molar-refractivity contribution in [3.8, 4) is 6.07 Å². The molecule has 106 valence electrons. The zero-order valence-electron chi connectivity index (χ0n) is 11.4. The fourth-order valence-electron chi connectivity index (χ4n) is 1.68. The van der Waals surface area contributed by atoms with Gasteiger partial charge in [-0.15, -0.1) is 23.1 Å². The first-order chi connectivity index (χ1) is 10.3. The van der Waals surface area contributed by atoms with E-state index in [4.69, 9.17) is 0 Å². The van der Waals surface area contributed by atoms with Crippen LogP contribution in [0.2, 0.25) is 0 Å². The second-order valence-corrected chi connectivity index (χ2v) is 5.81. The van der Waals surface area contributed by atoms with E-state index >= 15 is 0 Å². The van der Waals surface area contributed by atoms with E-state index in [1.807, 2.05) is 29.8 Å². The summed E-state index contributed by atoms with van der Waals surface area (Å²) >= 11 is 2.69. The highest BCUT2D eigenvalue weighted by atomic mass is 32.2. The first-order valence-corrected chi connectivity index (χ1v) is 8.26. The number of nitrogens with one attached hydrogen (secondary N) is 1. The number of carbonyl (C=O) groups excluding carboxylic acids is 1. The van der Waals surface area contributed by atoms with Crippen molar-refractivity contribution in [3.05, 3.63) is 63.1 Å². The highest BCUT2D eigenvalue weighted by molar-refractivity contribution is 8.02. The van der Waals surface area contributed by atoms with E-state index in [1.54, 1.807) is 24.5 Å². The van der Waals surface area contributed by atoms with Crippen LogP contribution in [0.5, 0.6) is 0 Å². The third-order valence-corrected chi connectivity index (χ3v) is 4.32. The van der Waals surface area contributed by atoms with Crippen molar-refractivity contribution in [1.82, 2.24) is 10.3 Å². The predicted octanol–water partition coefficient (Wildman–Crippen LogP) is 3.21. The predicted molar refractivity (Wildman–Crippen MR) is 85.9 cm³/mol. The standard InChI is InChI=1S/C15H13N3OS2/c1-20-15(18-10-11-4-2-6-17-9-11)12(8-16)14(19)13-5-3-7-21-13/h2-7,9,18H,10H2,1H3/b15-12-. The lowest BCUT2D eigenvalue weighted by atomic mass is 10.1. The molecular formula is C15H13N3OS2. The average Bonchev–Trinajstić information content (AvgIpc) is 3.06. The molecule has 0 aliphatic rings. The Hall–Kier alpha value is -2.10. The summed E-state index contributed by atoms with van der Waals surface area (Å²) in [6.45, 7) is 0.521. The van der Waals surface area contributed by atoms with E-state index < -0.39 is 0 Å². The summed E-state index contributed by atoms with van der Waals surface area (Å²) in [6.07, 6.45) is 5.29. The molecule has 0 bridgehead atoms. The van der Waals surface area contributed by atoms with Crippen LogP contribution in [-0.4, -0.2) is 17.0 Å². The van der Waals surface area contributed by atoms with Crippen molar-refractivity contribution in [1.29, 1.82) is 5.26 Å². The molecular weight excluding hydrogens is 302 g/mol. The zero-order chi connectivity index (χ0) is 15.1. The third-order valence-electron chi connectivity index (χ3n) is 2.69. The van der Waals surface area contributed by atoms with E-state index in [0.717, 1.165) is 5.56 Å². The van der Waals surface area contributed by atoms with Crippen LogP contribution in [0.1, 0.15) is 15.2 Å². The molecule has 6 heteroatoms. The Morgan fingerprint density at radius 1 is 1.48 bits per heavy atom. The van der Waals surface area contributed by atoms with Crippen molar-refractivity contribution in [3.63, 3.8) is 0 Å². The quantitative estimate of drug-likeness (QED) is 0.504. The molecule has 2 aromatic heterocycles. The second kappa shape index (κ2) is 7.62. The first-order valence-electron chi connectivity index (χ1n) is 6.15. The maximum Gasteiger partial charge on any atom is 0.216 e. The lowest BCUT2D eigenvalue weighted by Crippen LogP contribution is -2.15. The minimum Gasteiger partial charge on any atom is -0.375 e. The summed E-state index contributed by atoms with van der Waals surface area (Å²) in [4.78, 5) is 16.9. The summed E-state index contributed by atoms with van der Waals surface area (Å²) in [7, 11) is 0. The van der Waals surface area contributed by atoms with Gasteiger partial charge in [-0.1, -0.05) is 12.1 Å². The molecule has 1 N–H and O–H groups in total. The molecule has 0 unspecified atom stereocenters. The first kappa shape index (κ1) is 15.3. The highest BCUT2D eigenvalue weighted by Crippen LogP contribution is 2.21. The zero-order valence-corrected chi connectivity index (χ0v) is 13.0. The second-order valence-electron chi connectivity index (χ2n) is 4.04. The van der Waals surface area contributed by atoms with Crippen LogP contribution in [-0.2, 0) is 6.54 Å². The number of allylic oxidation sites excluding steroid dienone is 1. The number of pyridine rings is 1. The Morgan fingerprint density at radius 2 is 2.33 bits per heavy atom. The van der Waals surface area contributed by atoms with Crippen LogP contribution in [0.15, 0.2) is 52.6 Å². The molecule has 0 spiro atoms. The highest BCUT2D eigenvalue weighted by Gasteiger charge is 2.17. The van der Waals surface area contributed by atoms with E-state index in [-0.39, 0.29) is 11.4 Å². The Kier molecular flexibility index (Phi) is 5.55. The Morgan fingerprint density at radius 3 is 2.90 bits per heavy atom. The van der Waals surface area contributed by atoms with Gasteiger partial charge < -0.3 is 5.32 Å². The van der Waals surface area contributed by atoms with Crippen molar-refractivity contribution in [2.45, 2.75) is 6.54 Å². The van der Waals surface area contributed by atoms with Gasteiger partial charge in [-0.3, -0.25) is 9.78 Å². The van der Waals surface area contributed by atoms with Gasteiger partial charge in [-0.05, 0) is 29.3 Å². The Labute approximate surface area is 131 Å². The SMILES string of the molecule is CS/C(NCc1cccnc1)=C(/C#N)C(=O)c1cccs1. The van der Waals surface area contributed by atoms with Gasteiger partial charge in [-0.2, -0.15) is 5.26 Å². The van der Waals surface area contributed by atoms with Crippen LogP contribution >= 0.6 is 23.1 Å². The molecule has 0 amide bonds. The monoisotopic (exact) mass is 315 g/mol. The van der Waals surface area contributed by atoms with Crippen molar-refractivity contribution < 1.29 is 4.79 Å². The minimum absolute atomic E-state index is 0.147. The number of aromatic nitrogens is 1. The van der Waals surface area contributed by atoms with Gasteiger partial charge in [-0.25, -0.2) is 0 Å². The molecule has 21 heavy (non-hydrogen) atoms. The molecule has 0 aliphatic heterocycles. The molecule has 0 saturated carbocycles. The van der Waals surface area contributed by atoms with Crippen molar-refractivity contribution in [2.75, 3.05) is 6.26 Å². The van der Waals surface area contributed by atoms with Crippen LogP contribution in [0.3, 0.4) is 0 Å². The molecule has 0 aliphatic carbocycles. The van der Waals surface area contributed by atoms with Gasteiger partial charge in [0.25, 0.3) is 0 Å². The van der Waals surface area contributed by atoms with Gasteiger partial charge in [0.05, 0.1) is 9.91 Å². The molecule has 4 nitrogen and oxygen atoms in total. The van der Waals surface area contributed by atoms with E-state index in [2.05, 4.69) is 10.3 Å². The number of rotatable bonds is 6. The number of hydrogen-bond acceptors (Lipinski definition) is 6. The topological polar surface area (TPSA) is 65.8 Å². The lowest BCUT2D eigenvalue weighted by molar-refractivity contribution is 0.104. The largest absolute Gasteiger partial charge is 0.375 e. The molecule has 2 rings (SSSR count). The number of nitriles is 1. The van der Waals surface area contributed by atoms with Gasteiger partial charge in [0.15, 0.2) is 0 Å². The molecule has 2 heterocycles. The summed E-state index contributed by atoms with van der Waals surface area (Å²) in [6, 6.07) is 9.33. The molecule has 0 aromatic carbocycles. The number of Topliss-reactive ketones (excluding diaryl/α,β-unsaturated/α-hetero) is 1. The van der Waals surface area contributed by atoms with Crippen LogP contribution in [0, 0.1) is 11.3 Å². The van der Waals surface area contributed by atoms with E-state index in [0.29, 0.717) is 16.5 Å². The number of ketones is 1. The maximum absolute atomic E-state index is 12.3. The lowest BCUT2D eigenvalue weighted by Gasteiger charge is -2.10. The molecule has 0 saturated heterocycles. The fraction of sp³-hybridized carbons (Fsp3) is 0.133. The Balaban J connectivity index is 2.19. The number of hydrogen-bond donors (Lipinski definition) is 1. The summed E-state index contributed by atoms with van der Waals surface area (Å²) in [5.74, 6) is -0.240. The number of carbonyl (C=O) groups is 1. The summed E-state index contributed by atoms with van der Waals surface area (Å²) in [5.41, 5.74) is 1.14. The maximum atomic E-state index is 12.3. The summed E-state index contributed by atoms with van der Waals surface area (Å²) < 4.78 is 0. The van der Waals surface area contributed by atoms with Crippen LogP contribution in [0.4, 0.5) is 0 Å². The van der Waals surface area contributed by atoms with E-state index in [1.165, 1.54) is 23.1 Å². The van der Waals surface area contributed by atoms with Crippen LogP contribution < -0.4 is 5.32 Å². The van der Waals surface area contributed by atoms with Gasteiger partial charge in [0.2, 0.25) is 5.78 Å². The number of thioether (sulfide) groups is 1. The van der Waals surface area contributed by atoms with E-state index in [9.17, 15) is 10.1 Å². The minimum atomic E-state index is -0.240. The van der Waals surface area contributed by atoms with Crippen molar-refractivity contribution >= 4 is 28.9 Å². The summed E-state index contributed by atoms with van der Waals surface area (Å²) in [5, 5.41) is 14.9.